The fourth-order valence-electron chi connectivity index (χ4n) is 2.12. The van der Waals surface area contributed by atoms with Gasteiger partial charge >= 0.3 is 0 Å². The topological polar surface area (TPSA) is 84.5 Å². The van der Waals surface area contributed by atoms with Gasteiger partial charge in [0.05, 0.1) is 9.92 Å². The van der Waals surface area contributed by atoms with E-state index >= 15 is 0 Å². The summed E-state index contributed by atoms with van der Waals surface area (Å²) in [5.74, 6) is 0.0406. The number of hydrogen-bond acceptors (Lipinski definition) is 4. The number of sulfonamides is 1. The van der Waals surface area contributed by atoms with Crippen molar-refractivity contribution in [2.75, 3.05) is 5.32 Å². The molecule has 8 heteroatoms. The van der Waals surface area contributed by atoms with Gasteiger partial charge in [-0.1, -0.05) is 23.7 Å². The molecule has 0 radical (unpaired) electrons. The van der Waals surface area contributed by atoms with Crippen LogP contribution in [-0.4, -0.2) is 26.5 Å². The molecule has 140 valence electrons. The van der Waals surface area contributed by atoms with E-state index < -0.39 is 16.1 Å². The minimum atomic E-state index is -3.57. The van der Waals surface area contributed by atoms with E-state index in [0.717, 1.165) is 0 Å². The molecule has 1 amide bonds. The Morgan fingerprint density at radius 3 is 2.23 bits per heavy atom. The van der Waals surface area contributed by atoms with Crippen LogP contribution in [0.3, 0.4) is 0 Å². The summed E-state index contributed by atoms with van der Waals surface area (Å²) in [6.07, 6.45) is -0.777. The van der Waals surface area contributed by atoms with Crippen LogP contribution in [0.1, 0.15) is 20.8 Å². The maximum Gasteiger partial charge on any atom is 0.265 e. The SMILES string of the molecule is CC(C)NS(=O)(=O)c1ccc(NC(=O)[C@H](C)Oc2ccccc2Cl)cc1. The van der Waals surface area contributed by atoms with Gasteiger partial charge in [-0.25, -0.2) is 13.1 Å². The van der Waals surface area contributed by atoms with Crippen molar-refractivity contribution in [2.24, 2.45) is 0 Å². The van der Waals surface area contributed by atoms with Gasteiger partial charge in [-0.05, 0) is 57.2 Å². The van der Waals surface area contributed by atoms with E-state index in [0.29, 0.717) is 16.5 Å². The van der Waals surface area contributed by atoms with Crippen molar-refractivity contribution < 1.29 is 17.9 Å². The van der Waals surface area contributed by atoms with Crippen LogP contribution in [0.4, 0.5) is 5.69 Å². The third kappa shape index (κ3) is 5.45. The molecule has 0 spiro atoms. The first-order valence-electron chi connectivity index (χ1n) is 8.03. The number of amides is 1. The highest BCUT2D eigenvalue weighted by molar-refractivity contribution is 7.89. The summed E-state index contributed by atoms with van der Waals surface area (Å²) in [6, 6.07) is 12.6. The van der Waals surface area contributed by atoms with Crippen molar-refractivity contribution in [3.63, 3.8) is 0 Å². The summed E-state index contributed by atoms with van der Waals surface area (Å²) in [5.41, 5.74) is 0.466. The molecule has 0 bridgehead atoms. The number of para-hydroxylation sites is 1. The molecule has 2 aromatic carbocycles. The van der Waals surface area contributed by atoms with Gasteiger partial charge in [0.2, 0.25) is 10.0 Å². The Bertz CT molecular complexity index is 867. The van der Waals surface area contributed by atoms with E-state index in [4.69, 9.17) is 16.3 Å². The third-order valence-electron chi connectivity index (χ3n) is 3.33. The van der Waals surface area contributed by atoms with Crippen molar-refractivity contribution in [3.05, 3.63) is 53.6 Å². The lowest BCUT2D eigenvalue weighted by molar-refractivity contribution is -0.122. The van der Waals surface area contributed by atoms with E-state index in [-0.39, 0.29) is 16.8 Å². The smallest absolute Gasteiger partial charge is 0.265 e. The molecule has 0 aromatic heterocycles. The summed E-state index contributed by atoms with van der Waals surface area (Å²) in [6.45, 7) is 5.09. The van der Waals surface area contributed by atoms with E-state index in [1.54, 1.807) is 45.0 Å². The maximum atomic E-state index is 12.2. The molecule has 2 aromatic rings. The van der Waals surface area contributed by atoms with Crippen LogP contribution >= 0.6 is 11.6 Å². The van der Waals surface area contributed by atoms with Gasteiger partial charge in [0.15, 0.2) is 6.10 Å². The number of anilines is 1. The second kappa shape index (κ2) is 8.53. The highest BCUT2D eigenvalue weighted by Crippen LogP contribution is 2.24. The fraction of sp³-hybridized carbons (Fsp3) is 0.278. The summed E-state index contributed by atoms with van der Waals surface area (Å²) in [4.78, 5) is 12.4. The first-order valence-corrected chi connectivity index (χ1v) is 9.89. The predicted molar refractivity (Wildman–Crippen MR) is 102 cm³/mol. The number of carbonyl (C=O) groups is 1. The van der Waals surface area contributed by atoms with Gasteiger partial charge in [0, 0.05) is 11.7 Å². The second-order valence-corrected chi connectivity index (χ2v) is 8.10. The largest absolute Gasteiger partial charge is 0.479 e. The highest BCUT2D eigenvalue weighted by Gasteiger charge is 2.18. The van der Waals surface area contributed by atoms with E-state index in [1.807, 2.05) is 0 Å². The second-order valence-electron chi connectivity index (χ2n) is 5.98. The van der Waals surface area contributed by atoms with Crippen molar-refractivity contribution in [3.8, 4) is 5.75 Å². The van der Waals surface area contributed by atoms with Crippen LogP contribution < -0.4 is 14.8 Å². The Labute approximate surface area is 158 Å². The summed E-state index contributed by atoms with van der Waals surface area (Å²) in [7, 11) is -3.57. The predicted octanol–water partition coefficient (Wildman–Crippen LogP) is 3.43. The van der Waals surface area contributed by atoms with Gasteiger partial charge in [-0.3, -0.25) is 4.79 Å². The minimum Gasteiger partial charge on any atom is -0.479 e. The maximum absolute atomic E-state index is 12.2. The molecule has 0 aliphatic rings. The molecule has 0 fully saturated rings. The van der Waals surface area contributed by atoms with Gasteiger partial charge in [0.1, 0.15) is 5.75 Å². The Hall–Kier alpha value is -2.09. The summed E-state index contributed by atoms with van der Waals surface area (Å²) >= 11 is 6.01. The van der Waals surface area contributed by atoms with Crippen molar-refractivity contribution in [1.29, 1.82) is 0 Å². The number of hydrogen-bond donors (Lipinski definition) is 2. The lowest BCUT2D eigenvalue weighted by atomic mass is 10.3. The van der Waals surface area contributed by atoms with Crippen LogP contribution in [0.2, 0.25) is 5.02 Å². The third-order valence-corrected chi connectivity index (χ3v) is 5.32. The quantitative estimate of drug-likeness (QED) is 0.750. The van der Waals surface area contributed by atoms with Gasteiger partial charge < -0.3 is 10.1 Å². The average Bonchev–Trinajstić information content (AvgIpc) is 2.56. The molecule has 2 N–H and O–H groups in total. The summed E-state index contributed by atoms with van der Waals surface area (Å²) < 4.78 is 32.2. The Morgan fingerprint density at radius 1 is 1.04 bits per heavy atom. The standard InChI is InChI=1S/C18H21ClN2O4S/c1-12(2)21-26(23,24)15-10-8-14(9-11-15)20-18(22)13(3)25-17-7-5-4-6-16(17)19/h4-13,21H,1-3H3,(H,20,22)/t13-/m0/s1. The van der Waals surface area contributed by atoms with Crippen molar-refractivity contribution >= 4 is 33.2 Å². The van der Waals surface area contributed by atoms with Crippen molar-refractivity contribution in [2.45, 2.75) is 37.8 Å². The van der Waals surface area contributed by atoms with Crippen molar-refractivity contribution in [1.82, 2.24) is 4.72 Å². The van der Waals surface area contributed by atoms with Crippen LogP contribution in [0.5, 0.6) is 5.75 Å². The Morgan fingerprint density at radius 2 is 1.65 bits per heavy atom. The molecule has 6 nitrogen and oxygen atoms in total. The number of ether oxygens (including phenoxy) is 1. The zero-order valence-electron chi connectivity index (χ0n) is 14.7. The lowest BCUT2D eigenvalue weighted by Gasteiger charge is -2.16. The van der Waals surface area contributed by atoms with Gasteiger partial charge in [0.25, 0.3) is 5.91 Å². The Balaban J connectivity index is 2.02. The molecular formula is C18H21ClN2O4S. The average molecular weight is 397 g/mol. The minimum absolute atomic E-state index is 0.129. The molecule has 0 aliphatic carbocycles. The van der Waals surface area contributed by atoms with Crippen LogP contribution in [-0.2, 0) is 14.8 Å². The number of benzene rings is 2. The van der Waals surface area contributed by atoms with Gasteiger partial charge in [-0.2, -0.15) is 0 Å². The van der Waals surface area contributed by atoms with Crippen LogP contribution in [0.15, 0.2) is 53.4 Å². The number of halogens is 1. The Kier molecular flexibility index (Phi) is 6.63. The zero-order valence-corrected chi connectivity index (χ0v) is 16.3. The monoisotopic (exact) mass is 396 g/mol. The normalized spacial score (nSPS) is 12.7. The molecule has 1 atom stereocenters. The lowest BCUT2D eigenvalue weighted by Crippen LogP contribution is -2.31. The molecule has 2 rings (SSSR count). The number of nitrogens with one attached hydrogen (secondary N) is 2. The van der Waals surface area contributed by atoms with E-state index in [9.17, 15) is 13.2 Å². The number of carbonyl (C=O) groups excluding carboxylic acids is 1. The first kappa shape index (κ1) is 20.2. The van der Waals surface area contributed by atoms with Crippen LogP contribution in [0, 0.1) is 0 Å². The van der Waals surface area contributed by atoms with Crippen LogP contribution in [0.25, 0.3) is 0 Å². The molecule has 0 aliphatic heterocycles. The molecule has 0 saturated carbocycles. The molecule has 26 heavy (non-hydrogen) atoms. The van der Waals surface area contributed by atoms with Gasteiger partial charge in [-0.15, -0.1) is 0 Å². The summed E-state index contributed by atoms with van der Waals surface area (Å²) in [5, 5.41) is 3.09. The molecule has 0 unspecified atom stereocenters. The molecule has 0 saturated heterocycles. The number of rotatable bonds is 7. The fourth-order valence-corrected chi connectivity index (χ4v) is 3.56. The van der Waals surface area contributed by atoms with E-state index in [1.165, 1.54) is 24.3 Å². The first-order chi connectivity index (χ1) is 12.2. The molecule has 0 heterocycles. The molecular weight excluding hydrogens is 376 g/mol. The zero-order chi connectivity index (χ0) is 19.3. The highest BCUT2D eigenvalue weighted by atomic mass is 35.5. The van der Waals surface area contributed by atoms with E-state index in [2.05, 4.69) is 10.0 Å².